The fourth-order valence-corrected chi connectivity index (χ4v) is 7.11. The van der Waals surface area contributed by atoms with E-state index in [4.69, 9.17) is 0 Å². The van der Waals surface area contributed by atoms with E-state index in [2.05, 4.69) is 140 Å². The Kier molecular flexibility index (Phi) is 6.51. The largest absolute Gasteiger partial charge is 0.343 e. The summed E-state index contributed by atoms with van der Waals surface area (Å²) in [4.78, 5) is 2.33. The Hall–Kier alpha value is -4.67. The minimum absolute atomic E-state index is 0.231. The monoisotopic (exact) mass is 535 g/mol. The maximum Gasteiger partial charge on any atom is 0.210 e. The highest BCUT2D eigenvalue weighted by molar-refractivity contribution is 6.07. The molecule has 6 rings (SSSR count). The van der Waals surface area contributed by atoms with Crippen molar-refractivity contribution in [2.75, 3.05) is 18.0 Å². The van der Waals surface area contributed by atoms with Crippen LogP contribution in [0.15, 0.2) is 96.7 Å². The summed E-state index contributed by atoms with van der Waals surface area (Å²) in [6.07, 6.45) is 7.56. The van der Waals surface area contributed by atoms with Gasteiger partial charge in [-0.15, -0.1) is 0 Å². The predicted molar refractivity (Wildman–Crippen MR) is 169 cm³/mol. The highest BCUT2D eigenvalue weighted by atomic mass is 15.2. The second kappa shape index (κ2) is 10.1. The topological polar surface area (TPSA) is 53.8 Å². The predicted octanol–water partition coefficient (Wildman–Crippen LogP) is 8.43. The van der Waals surface area contributed by atoms with E-state index in [1.165, 1.54) is 55.5 Å². The van der Waals surface area contributed by atoms with E-state index >= 15 is 0 Å². The Balaban J connectivity index is 1.47. The molecule has 2 aliphatic rings. The van der Waals surface area contributed by atoms with Gasteiger partial charge in [0.2, 0.25) is 5.69 Å². The van der Waals surface area contributed by atoms with Crippen LogP contribution in [0.1, 0.15) is 51.7 Å². The van der Waals surface area contributed by atoms with Gasteiger partial charge in [-0.25, -0.2) is 0 Å². The standard InChI is InChI=1S/C37H35N4/c1-36(2)32(40(24-10-22-38)30-20-18-26-12-5-7-14-28(26)34(30)36)16-9-17-33-37(3,4)35-29-15-8-6-13-27(29)19-21-31(35)41(33)25-11-23-39/h5-9,12-21H,10-11,24-25H2,1-4H3/q+1. The van der Waals surface area contributed by atoms with Crippen LogP contribution in [0.5, 0.6) is 0 Å². The van der Waals surface area contributed by atoms with E-state index in [9.17, 15) is 10.5 Å². The summed E-state index contributed by atoms with van der Waals surface area (Å²) in [5.74, 6) is 0. The molecule has 41 heavy (non-hydrogen) atoms. The molecule has 4 aromatic carbocycles. The first-order valence-corrected chi connectivity index (χ1v) is 14.4. The van der Waals surface area contributed by atoms with Gasteiger partial charge in [0.05, 0.1) is 30.4 Å². The first-order valence-electron chi connectivity index (χ1n) is 14.4. The highest BCUT2D eigenvalue weighted by Crippen LogP contribution is 2.51. The van der Waals surface area contributed by atoms with E-state index in [-0.39, 0.29) is 10.8 Å². The molecular formula is C37H35N4+. The van der Waals surface area contributed by atoms with Crippen molar-refractivity contribution in [2.45, 2.75) is 51.4 Å². The summed E-state index contributed by atoms with van der Waals surface area (Å²) in [7, 11) is 0. The van der Waals surface area contributed by atoms with Crippen LogP contribution in [0.4, 0.5) is 11.4 Å². The van der Waals surface area contributed by atoms with Gasteiger partial charge in [0.15, 0.2) is 12.3 Å². The quantitative estimate of drug-likeness (QED) is 0.233. The number of allylic oxidation sites excluding steroid dienone is 4. The number of hydrogen-bond acceptors (Lipinski definition) is 3. The first kappa shape index (κ1) is 26.5. The Morgan fingerprint density at radius 1 is 0.756 bits per heavy atom. The molecule has 0 fully saturated rings. The van der Waals surface area contributed by atoms with Gasteiger partial charge in [-0.2, -0.15) is 15.1 Å². The first-order chi connectivity index (χ1) is 19.8. The Morgan fingerprint density at radius 2 is 1.39 bits per heavy atom. The zero-order chi connectivity index (χ0) is 28.8. The van der Waals surface area contributed by atoms with Crippen LogP contribution in [0.2, 0.25) is 0 Å². The zero-order valence-corrected chi connectivity index (χ0v) is 24.3. The summed E-state index contributed by atoms with van der Waals surface area (Å²) in [5.41, 5.74) is 6.93. The van der Waals surface area contributed by atoms with Crippen molar-refractivity contribution in [3.63, 3.8) is 0 Å². The van der Waals surface area contributed by atoms with Gasteiger partial charge in [0.25, 0.3) is 0 Å². The van der Waals surface area contributed by atoms with Gasteiger partial charge in [0.1, 0.15) is 0 Å². The molecule has 0 bridgehead atoms. The zero-order valence-electron chi connectivity index (χ0n) is 24.3. The van der Waals surface area contributed by atoms with E-state index in [0.717, 1.165) is 0 Å². The number of anilines is 1. The third-order valence-electron chi connectivity index (χ3n) is 8.91. The van der Waals surface area contributed by atoms with Crippen LogP contribution >= 0.6 is 0 Å². The molecule has 0 unspecified atom stereocenters. The summed E-state index contributed by atoms with van der Waals surface area (Å²) < 4.78 is 2.33. The molecule has 0 spiro atoms. The van der Waals surface area contributed by atoms with Gasteiger partial charge in [-0.05, 0) is 59.2 Å². The lowest BCUT2D eigenvalue weighted by atomic mass is 9.79. The summed E-state index contributed by atoms with van der Waals surface area (Å²) in [6, 6.07) is 30.6. The van der Waals surface area contributed by atoms with E-state index in [1.54, 1.807) is 0 Å². The SMILES string of the molecule is CC1(C)C(/C=C/C=C2\N(CCC#N)c3ccc4ccccc4c3C2(C)C)=[N+](CCC#N)c2ccc3ccccc3c21. The Labute approximate surface area is 242 Å². The van der Waals surface area contributed by atoms with Gasteiger partial charge >= 0.3 is 0 Å². The lowest BCUT2D eigenvalue weighted by Gasteiger charge is -2.26. The molecule has 4 nitrogen and oxygen atoms in total. The Bertz CT molecular complexity index is 1870. The molecular weight excluding hydrogens is 500 g/mol. The molecule has 0 saturated heterocycles. The van der Waals surface area contributed by atoms with Crippen molar-refractivity contribution in [2.24, 2.45) is 0 Å². The number of nitriles is 2. The van der Waals surface area contributed by atoms with E-state index in [0.29, 0.717) is 25.9 Å². The molecule has 4 aromatic rings. The molecule has 0 atom stereocenters. The van der Waals surface area contributed by atoms with Crippen LogP contribution in [0.3, 0.4) is 0 Å². The maximum absolute atomic E-state index is 9.46. The molecule has 2 heterocycles. The lowest BCUT2D eigenvalue weighted by molar-refractivity contribution is -0.436. The molecule has 0 radical (unpaired) electrons. The molecule has 0 N–H and O–H groups in total. The van der Waals surface area contributed by atoms with Gasteiger partial charge in [-0.3, -0.25) is 0 Å². The van der Waals surface area contributed by atoms with E-state index < -0.39 is 0 Å². The van der Waals surface area contributed by atoms with Crippen LogP contribution in [-0.4, -0.2) is 23.4 Å². The second-order valence-electron chi connectivity index (χ2n) is 12.0. The van der Waals surface area contributed by atoms with Crippen LogP contribution in [0, 0.1) is 22.7 Å². The highest BCUT2D eigenvalue weighted by Gasteiger charge is 2.45. The number of nitrogens with zero attached hydrogens (tertiary/aromatic N) is 4. The normalized spacial score (nSPS) is 17.8. The summed E-state index contributed by atoms with van der Waals surface area (Å²) >= 11 is 0. The van der Waals surface area contributed by atoms with Crippen molar-refractivity contribution in [3.05, 3.63) is 108 Å². The number of fused-ring (bicyclic) bond motifs is 6. The average molecular weight is 536 g/mol. The molecule has 0 aliphatic carbocycles. The van der Waals surface area contributed by atoms with Crippen molar-refractivity contribution in [1.82, 2.24) is 0 Å². The van der Waals surface area contributed by atoms with Gasteiger partial charge < -0.3 is 4.90 Å². The maximum atomic E-state index is 9.46. The molecule has 0 aromatic heterocycles. The molecule has 202 valence electrons. The molecule has 0 amide bonds. The summed E-state index contributed by atoms with van der Waals surface area (Å²) in [5, 5.41) is 23.9. The fraction of sp³-hybridized carbons (Fsp3) is 0.270. The van der Waals surface area contributed by atoms with Crippen LogP contribution in [-0.2, 0) is 10.8 Å². The number of benzene rings is 4. The van der Waals surface area contributed by atoms with Crippen molar-refractivity contribution >= 4 is 38.6 Å². The number of rotatable bonds is 6. The van der Waals surface area contributed by atoms with Gasteiger partial charge in [-0.1, -0.05) is 74.5 Å². The Morgan fingerprint density at radius 3 is 2.07 bits per heavy atom. The minimum Gasteiger partial charge on any atom is -0.343 e. The van der Waals surface area contributed by atoms with Gasteiger partial charge in [0, 0.05) is 41.1 Å². The van der Waals surface area contributed by atoms with Crippen molar-refractivity contribution in [1.29, 1.82) is 10.5 Å². The summed E-state index contributed by atoms with van der Waals surface area (Å²) in [6.45, 7) is 10.5. The lowest BCUT2D eigenvalue weighted by Crippen LogP contribution is -2.28. The average Bonchev–Trinajstić information content (AvgIpc) is 3.33. The minimum atomic E-state index is -0.231. The van der Waals surface area contributed by atoms with E-state index in [1.807, 2.05) is 0 Å². The second-order valence-corrected chi connectivity index (χ2v) is 12.0. The fourth-order valence-electron chi connectivity index (χ4n) is 7.11. The molecule has 0 saturated carbocycles. The molecule has 4 heteroatoms. The molecule has 2 aliphatic heterocycles. The smallest absolute Gasteiger partial charge is 0.210 e. The third kappa shape index (κ3) is 4.14. The van der Waals surface area contributed by atoms with Crippen molar-refractivity contribution in [3.8, 4) is 12.1 Å². The van der Waals surface area contributed by atoms with Crippen LogP contribution in [0.25, 0.3) is 21.5 Å². The van der Waals surface area contributed by atoms with Crippen LogP contribution < -0.4 is 4.90 Å². The third-order valence-corrected chi connectivity index (χ3v) is 8.91. The number of hydrogen-bond donors (Lipinski definition) is 0. The van der Waals surface area contributed by atoms with Crippen molar-refractivity contribution < 1.29 is 4.58 Å².